The molecule has 1 fully saturated rings. The zero-order chi connectivity index (χ0) is 14.9. The second-order valence-electron chi connectivity index (χ2n) is 4.95. The smallest absolute Gasteiger partial charge is 0.290 e. The van der Waals surface area contributed by atoms with E-state index in [0.717, 1.165) is 0 Å². The summed E-state index contributed by atoms with van der Waals surface area (Å²) < 4.78 is 11.0. The lowest BCUT2D eigenvalue weighted by Gasteiger charge is -2.34. The Hall–Kier alpha value is -1.34. The van der Waals surface area contributed by atoms with Crippen LogP contribution in [0.3, 0.4) is 0 Å². The van der Waals surface area contributed by atoms with Crippen molar-refractivity contribution in [2.75, 3.05) is 20.3 Å². The Morgan fingerprint density at radius 2 is 2.30 bits per heavy atom. The summed E-state index contributed by atoms with van der Waals surface area (Å²) in [6, 6.07) is 1.71. The average molecular weight is 345 g/mol. The number of hydrogen-bond donors (Lipinski definition) is 1. The van der Waals surface area contributed by atoms with Gasteiger partial charge in [0.2, 0.25) is 5.91 Å². The standard InChI is InChI=1S/C13H17BrN2O4/c1-8-6-9(14)20-10(8)11(17)16-5-3-4-13(16,7-19-2)12(15)18/h6H,3-5,7H2,1-2H3,(H2,15,18). The molecule has 0 spiro atoms. The number of rotatable bonds is 4. The first-order chi connectivity index (χ1) is 9.42. The number of nitrogens with zero attached hydrogens (tertiary/aromatic N) is 1. The summed E-state index contributed by atoms with van der Waals surface area (Å²) >= 11 is 3.19. The Kier molecular flexibility index (Phi) is 4.19. The van der Waals surface area contributed by atoms with E-state index in [1.54, 1.807) is 13.0 Å². The van der Waals surface area contributed by atoms with Gasteiger partial charge in [-0.2, -0.15) is 0 Å². The van der Waals surface area contributed by atoms with Crippen LogP contribution in [-0.2, 0) is 9.53 Å². The lowest BCUT2D eigenvalue weighted by molar-refractivity contribution is -0.130. The van der Waals surface area contributed by atoms with Crippen molar-refractivity contribution in [2.45, 2.75) is 25.3 Å². The first-order valence-corrected chi connectivity index (χ1v) is 7.08. The number of primary amides is 1. The number of ether oxygens (including phenoxy) is 1. The summed E-state index contributed by atoms with van der Waals surface area (Å²) in [5.41, 5.74) is 5.14. The number of carbonyl (C=O) groups excluding carboxylic acids is 2. The van der Waals surface area contributed by atoms with Crippen molar-refractivity contribution in [3.8, 4) is 0 Å². The maximum absolute atomic E-state index is 12.6. The van der Waals surface area contributed by atoms with Crippen molar-refractivity contribution >= 4 is 27.7 Å². The number of methoxy groups -OCH3 is 1. The number of hydrogen-bond acceptors (Lipinski definition) is 4. The molecule has 0 aromatic carbocycles. The first kappa shape index (κ1) is 15.1. The highest BCUT2D eigenvalue weighted by molar-refractivity contribution is 9.10. The Morgan fingerprint density at radius 1 is 1.60 bits per heavy atom. The second kappa shape index (κ2) is 5.57. The van der Waals surface area contributed by atoms with Crippen LogP contribution < -0.4 is 5.73 Å². The Bertz CT molecular complexity index is 542. The van der Waals surface area contributed by atoms with Crippen LogP contribution in [-0.4, -0.2) is 42.5 Å². The lowest BCUT2D eigenvalue weighted by atomic mass is 9.96. The first-order valence-electron chi connectivity index (χ1n) is 6.29. The summed E-state index contributed by atoms with van der Waals surface area (Å²) in [6.45, 7) is 2.33. The predicted octanol–water partition coefficient (Wildman–Crippen LogP) is 1.46. The molecule has 0 bridgehead atoms. The fraction of sp³-hybridized carbons (Fsp3) is 0.538. The molecule has 0 saturated carbocycles. The summed E-state index contributed by atoms with van der Waals surface area (Å²) in [6.07, 6.45) is 1.21. The maximum atomic E-state index is 12.6. The number of likely N-dealkylation sites (tertiary alicyclic amines) is 1. The second-order valence-corrected chi connectivity index (χ2v) is 5.73. The molecule has 1 atom stereocenters. The van der Waals surface area contributed by atoms with E-state index in [1.165, 1.54) is 12.0 Å². The Balaban J connectivity index is 2.37. The van der Waals surface area contributed by atoms with E-state index in [9.17, 15) is 9.59 Å². The van der Waals surface area contributed by atoms with Gasteiger partial charge in [0, 0.05) is 19.2 Å². The SMILES string of the molecule is COCC1(C(N)=O)CCCN1C(=O)c1oc(Br)cc1C. The molecule has 7 heteroatoms. The molecule has 1 aliphatic heterocycles. The molecule has 2 heterocycles. The molecule has 1 aliphatic rings. The molecule has 20 heavy (non-hydrogen) atoms. The molecule has 2 N–H and O–H groups in total. The number of aryl methyl sites for hydroxylation is 1. The lowest BCUT2D eigenvalue weighted by Crippen LogP contribution is -2.58. The third-order valence-corrected chi connectivity index (χ3v) is 4.05. The molecule has 2 amide bonds. The van der Waals surface area contributed by atoms with Crippen LogP contribution in [0.15, 0.2) is 15.2 Å². The zero-order valence-electron chi connectivity index (χ0n) is 11.4. The minimum absolute atomic E-state index is 0.0923. The van der Waals surface area contributed by atoms with Gasteiger partial charge in [-0.25, -0.2) is 0 Å². The third kappa shape index (κ3) is 2.35. The highest BCUT2D eigenvalue weighted by Crippen LogP contribution is 2.32. The van der Waals surface area contributed by atoms with Crippen molar-refractivity contribution in [1.29, 1.82) is 0 Å². The predicted molar refractivity (Wildman–Crippen MR) is 75.2 cm³/mol. The molecule has 1 unspecified atom stereocenters. The van der Waals surface area contributed by atoms with Gasteiger partial charge < -0.3 is 19.8 Å². The fourth-order valence-electron chi connectivity index (χ4n) is 2.67. The summed E-state index contributed by atoms with van der Waals surface area (Å²) in [5.74, 6) is -0.657. The fourth-order valence-corrected chi connectivity index (χ4v) is 3.17. The van der Waals surface area contributed by atoms with Gasteiger partial charge in [0.05, 0.1) is 6.61 Å². The molecule has 2 rings (SSSR count). The molecular weight excluding hydrogens is 328 g/mol. The number of halogens is 1. The number of amides is 2. The molecule has 0 aliphatic carbocycles. The van der Waals surface area contributed by atoms with Gasteiger partial charge >= 0.3 is 0 Å². The largest absolute Gasteiger partial charge is 0.444 e. The Morgan fingerprint density at radius 3 is 2.80 bits per heavy atom. The van der Waals surface area contributed by atoms with Gasteiger partial charge in [-0.1, -0.05) is 0 Å². The van der Waals surface area contributed by atoms with Crippen molar-refractivity contribution < 1.29 is 18.7 Å². The van der Waals surface area contributed by atoms with E-state index in [0.29, 0.717) is 29.6 Å². The molecule has 0 radical (unpaired) electrons. The topological polar surface area (TPSA) is 85.8 Å². The highest BCUT2D eigenvalue weighted by atomic mass is 79.9. The third-order valence-electron chi connectivity index (χ3n) is 3.66. The van der Waals surface area contributed by atoms with E-state index < -0.39 is 11.4 Å². The normalized spacial score (nSPS) is 22.2. The zero-order valence-corrected chi connectivity index (χ0v) is 13.0. The van der Waals surface area contributed by atoms with Gasteiger partial charge in [-0.3, -0.25) is 9.59 Å². The van der Waals surface area contributed by atoms with Crippen LogP contribution in [0.5, 0.6) is 0 Å². The van der Waals surface area contributed by atoms with Crippen molar-refractivity contribution in [3.63, 3.8) is 0 Å². The molecular formula is C13H17BrN2O4. The van der Waals surface area contributed by atoms with Crippen molar-refractivity contribution in [1.82, 2.24) is 4.90 Å². The van der Waals surface area contributed by atoms with E-state index in [4.69, 9.17) is 14.9 Å². The van der Waals surface area contributed by atoms with E-state index >= 15 is 0 Å². The van der Waals surface area contributed by atoms with E-state index in [2.05, 4.69) is 15.9 Å². The summed E-state index contributed by atoms with van der Waals surface area (Å²) in [4.78, 5) is 26.0. The van der Waals surface area contributed by atoms with Crippen LogP contribution >= 0.6 is 15.9 Å². The maximum Gasteiger partial charge on any atom is 0.290 e. The van der Waals surface area contributed by atoms with Crippen LogP contribution in [0.25, 0.3) is 0 Å². The molecule has 110 valence electrons. The summed E-state index contributed by atoms with van der Waals surface area (Å²) in [5, 5.41) is 0. The van der Waals surface area contributed by atoms with E-state index in [1.807, 2.05) is 0 Å². The van der Waals surface area contributed by atoms with Crippen LogP contribution in [0.4, 0.5) is 0 Å². The van der Waals surface area contributed by atoms with Gasteiger partial charge in [0.25, 0.3) is 5.91 Å². The van der Waals surface area contributed by atoms with Crippen LogP contribution in [0.1, 0.15) is 29.0 Å². The van der Waals surface area contributed by atoms with Crippen LogP contribution in [0, 0.1) is 6.92 Å². The van der Waals surface area contributed by atoms with Gasteiger partial charge in [0.1, 0.15) is 5.54 Å². The molecule has 1 aromatic heterocycles. The molecule has 1 aromatic rings. The van der Waals surface area contributed by atoms with Gasteiger partial charge in [0.15, 0.2) is 10.4 Å². The summed E-state index contributed by atoms with van der Waals surface area (Å²) in [7, 11) is 1.49. The number of furan rings is 1. The van der Waals surface area contributed by atoms with Crippen molar-refractivity contribution in [3.05, 3.63) is 22.1 Å². The minimum Gasteiger partial charge on any atom is -0.444 e. The number of nitrogens with two attached hydrogens (primary N) is 1. The molecule has 6 nitrogen and oxygen atoms in total. The average Bonchev–Trinajstić information content (AvgIpc) is 2.93. The van der Waals surface area contributed by atoms with E-state index in [-0.39, 0.29) is 18.3 Å². The molecule has 1 saturated heterocycles. The van der Waals surface area contributed by atoms with Crippen LogP contribution in [0.2, 0.25) is 0 Å². The highest BCUT2D eigenvalue weighted by Gasteiger charge is 2.49. The van der Waals surface area contributed by atoms with Gasteiger partial charge in [-0.15, -0.1) is 0 Å². The monoisotopic (exact) mass is 344 g/mol. The minimum atomic E-state index is -1.09. The number of carbonyl (C=O) groups is 2. The Labute approximate surface area is 125 Å². The van der Waals surface area contributed by atoms with Gasteiger partial charge in [-0.05, 0) is 41.8 Å². The quantitative estimate of drug-likeness (QED) is 0.895. The van der Waals surface area contributed by atoms with Crippen molar-refractivity contribution in [2.24, 2.45) is 5.73 Å².